The predicted octanol–water partition coefficient (Wildman–Crippen LogP) is 2.37. The zero-order valence-electron chi connectivity index (χ0n) is 10.7. The van der Waals surface area contributed by atoms with E-state index in [1.54, 1.807) is 0 Å². The smallest absolute Gasteiger partial charge is 0.251 e. The Morgan fingerprint density at radius 1 is 1.37 bits per heavy atom. The Balaban J connectivity index is 2.30. The molecule has 0 spiro atoms. The van der Waals surface area contributed by atoms with Gasteiger partial charge in [0.1, 0.15) is 0 Å². The lowest BCUT2D eigenvalue weighted by Gasteiger charge is -2.06. The Kier molecular flexibility index (Phi) is 4.76. The molecule has 19 heavy (non-hydrogen) atoms. The van der Waals surface area contributed by atoms with E-state index in [1.807, 2.05) is 24.3 Å². The molecule has 2 rings (SSSR count). The quantitative estimate of drug-likeness (QED) is 0.823. The summed E-state index contributed by atoms with van der Waals surface area (Å²) in [5, 5.41) is 9.85. The first-order chi connectivity index (χ1) is 9.22. The summed E-state index contributed by atoms with van der Waals surface area (Å²) in [7, 11) is 0. The Bertz CT molecular complexity index is 610. The summed E-state index contributed by atoms with van der Waals surface area (Å²) in [5.41, 5.74) is 1.49. The predicted molar refractivity (Wildman–Crippen MR) is 75.3 cm³/mol. The molecule has 1 heterocycles. The van der Waals surface area contributed by atoms with Crippen LogP contribution in [0.3, 0.4) is 0 Å². The number of benzene rings is 1. The third kappa shape index (κ3) is 3.68. The van der Waals surface area contributed by atoms with Gasteiger partial charge in [0.05, 0.1) is 6.61 Å². The van der Waals surface area contributed by atoms with Crippen molar-refractivity contribution in [1.29, 1.82) is 0 Å². The summed E-state index contributed by atoms with van der Waals surface area (Å²) < 4.78 is 0. The molecule has 0 atom stereocenters. The molecular weight excluding hydrogens is 260 g/mol. The van der Waals surface area contributed by atoms with Crippen LogP contribution in [0.5, 0.6) is 0 Å². The Morgan fingerprint density at radius 2 is 2.16 bits per heavy atom. The van der Waals surface area contributed by atoms with Gasteiger partial charge in [-0.3, -0.25) is 4.79 Å². The van der Waals surface area contributed by atoms with Gasteiger partial charge in [0.25, 0.3) is 5.56 Å². The summed E-state index contributed by atoms with van der Waals surface area (Å²) in [6, 6.07) is 9.07. The van der Waals surface area contributed by atoms with Crippen LogP contribution in [0.4, 0.5) is 0 Å². The minimum absolute atomic E-state index is 0.0257. The number of aryl methyl sites for hydroxylation is 1. The maximum absolute atomic E-state index is 11.6. The summed E-state index contributed by atoms with van der Waals surface area (Å²) in [5.74, 6) is 0. The first-order valence-electron chi connectivity index (χ1n) is 6.19. The van der Waals surface area contributed by atoms with E-state index in [9.17, 15) is 9.90 Å². The average molecular weight is 276 g/mol. The largest absolute Gasteiger partial charge is 0.392 e. The van der Waals surface area contributed by atoms with Gasteiger partial charge in [-0.2, -0.15) is 0 Å². The number of nitrogens with zero attached hydrogens (tertiary/aromatic N) is 1. The van der Waals surface area contributed by atoms with Gasteiger partial charge < -0.3 is 10.1 Å². The van der Waals surface area contributed by atoms with Gasteiger partial charge in [0.2, 0.25) is 0 Å². The number of nitrogens with one attached hydrogen (secondary N) is 1. The van der Waals surface area contributed by atoms with Crippen LogP contribution < -0.4 is 5.56 Å². The molecule has 5 heteroatoms. The maximum Gasteiger partial charge on any atom is 0.251 e. The number of hydrogen-bond acceptors (Lipinski definition) is 4. The second-order valence-electron chi connectivity index (χ2n) is 4.16. The summed E-state index contributed by atoms with van der Waals surface area (Å²) in [6.07, 6.45) is 1.74. The van der Waals surface area contributed by atoms with Crippen molar-refractivity contribution in [3.63, 3.8) is 0 Å². The van der Waals surface area contributed by atoms with E-state index >= 15 is 0 Å². The van der Waals surface area contributed by atoms with Crippen molar-refractivity contribution in [2.75, 3.05) is 0 Å². The Labute approximate surface area is 115 Å². The first kappa shape index (κ1) is 13.8. The van der Waals surface area contributed by atoms with Gasteiger partial charge in [0.15, 0.2) is 5.16 Å². The molecule has 100 valence electrons. The molecule has 2 aromatic rings. The van der Waals surface area contributed by atoms with Gasteiger partial charge in [-0.05, 0) is 18.1 Å². The first-order valence-corrected chi connectivity index (χ1v) is 7.01. The summed E-state index contributed by atoms with van der Waals surface area (Å²) >= 11 is 1.37. The zero-order valence-corrected chi connectivity index (χ0v) is 11.5. The standard InChI is InChI=1S/C14H16N2O2S/c1-2-5-11-8-13(18)16-14(15-11)19-12-7-4-3-6-10(12)9-17/h3-4,6-8,17H,2,5,9H2,1H3,(H,15,16,18). The van der Waals surface area contributed by atoms with Crippen molar-refractivity contribution in [2.45, 2.75) is 36.4 Å². The molecule has 0 unspecified atom stereocenters. The Hall–Kier alpha value is -1.59. The van der Waals surface area contributed by atoms with E-state index in [2.05, 4.69) is 16.9 Å². The summed E-state index contributed by atoms with van der Waals surface area (Å²) in [4.78, 5) is 19.6. The van der Waals surface area contributed by atoms with Crippen LogP contribution in [0.2, 0.25) is 0 Å². The molecule has 4 nitrogen and oxygen atoms in total. The van der Waals surface area contributed by atoms with Crippen molar-refractivity contribution in [3.8, 4) is 0 Å². The van der Waals surface area contributed by atoms with Crippen LogP contribution in [0.25, 0.3) is 0 Å². The molecule has 2 N–H and O–H groups in total. The number of aliphatic hydroxyl groups is 1. The van der Waals surface area contributed by atoms with E-state index < -0.39 is 0 Å². The van der Waals surface area contributed by atoms with Crippen LogP contribution in [-0.2, 0) is 13.0 Å². The third-order valence-electron chi connectivity index (χ3n) is 2.63. The molecule has 0 aliphatic heterocycles. The third-order valence-corrected chi connectivity index (χ3v) is 3.63. The van der Waals surface area contributed by atoms with E-state index in [-0.39, 0.29) is 12.2 Å². The zero-order chi connectivity index (χ0) is 13.7. The topological polar surface area (TPSA) is 66.0 Å². The second kappa shape index (κ2) is 6.54. The molecular formula is C14H16N2O2S. The van der Waals surface area contributed by atoms with Crippen molar-refractivity contribution < 1.29 is 5.11 Å². The number of H-pyrrole nitrogens is 1. The molecule has 0 saturated heterocycles. The number of aliphatic hydroxyl groups excluding tert-OH is 1. The molecule has 0 radical (unpaired) electrons. The molecule has 0 aliphatic rings. The average Bonchev–Trinajstić information content (AvgIpc) is 2.39. The number of hydrogen-bond donors (Lipinski definition) is 2. The summed E-state index contributed by atoms with van der Waals surface area (Å²) in [6.45, 7) is 2.03. The van der Waals surface area contributed by atoms with Crippen molar-refractivity contribution in [2.24, 2.45) is 0 Å². The van der Waals surface area contributed by atoms with Crippen LogP contribution >= 0.6 is 11.8 Å². The Morgan fingerprint density at radius 3 is 2.89 bits per heavy atom. The minimum Gasteiger partial charge on any atom is -0.392 e. The fraction of sp³-hybridized carbons (Fsp3) is 0.286. The number of aromatic nitrogens is 2. The van der Waals surface area contributed by atoms with Crippen LogP contribution in [0.15, 0.2) is 45.2 Å². The van der Waals surface area contributed by atoms with Gasteiger partial charge in [-0.25, -0.2) is 4.98 Å². The second-order valence-corrected chi connectivity index (χ2v) is 5.19. The normalized spacial score (nSPS) is 10.6. The van der Waals surface area contributed by atoms with Crippen LogP contribution in [-0.4, -0.2) is 15.1 Å². The maximum atomic E-state index is 11.6. The number of aromatic amines is 1. The van der Waals surface area contributed by atoms with Gasteiger partial charge >= 0.3 is 0 Å². The fourth-order valence-corrected chi connectivity index (χ4v) is 2.69. The molecule has 0 saturated carbocycles. The lowest BCUT2D eigenvalue weighted by atomic mass is 10.2. The minimum atomic E-state index is -0.137. The van der Waals surface area contributed by atoms with E-state index in [0.29, 0.717) is 5.16 Å². The van der Waals surface area contributed by atoms with Crippen molar-refractivity contribution >= 4 is 11.8 Å². The van der Waals surface area contributed by atoms with Crippen LogP contribution in [0.1, 0.15) is 24.6 Å². The van der Waals surface area contributed by atoms with Gasteiger partial charge in [-0.15, -0.1) is 0 Å². The molecule has 0 bridgehead atoms. The van der Waals surface area contributed by atoms with Crippen molar-refractivity contribution in [1.82, 2.24) is 9.97 Å². The van der Waals surface area contributed by atoms with Gasteiger partial charge in [-0.1, -0.05) is 43.3 Å². The van der Waals surface area contributed by atoms with Crippen LogP contribution in [0, 0.1) is 0 Å². The highest BCUT2D eigenvalue weighted by atomic mass is 32.2. The highest BCUT2D eigenvalue weighted by molar-refractivity contribution is 7.99. The van der Waals surface area contributed by atoms with E-state index in [0.717, 1.165) is 29.0 Å². The molecule has 0 fully saturated rings. The lowest BCUT2D eigenvalue weighted by molar-refractivity contribution is 0.279. The molecule has 1 aromatic carbocycles. The van der Waals surface area contributed by atoms with E-state index in [4.69, 9.17) is 0 Å². The SMILES string of the molecule is CCCc1cc(=O)[nH]c(Sc2ccccc2CO)n1. The van der Waals surface area contributed by atoms with Crippen molar-refractivity contribution in [3.05, 3.63) is 51.9 Å². The molecule has 0 amide bonds. The van der Waals surface area contributed by atoms with E-state index in [1.165, 1.54) is 17.8 Å². The molecule has 0 aliphatic carbocycles. The van der Waals surface area contributed by atoms with Gasteiger partial charge in [0, 0.05) is 16.7 Å². The highest BCUT2D eigenvalue weighted by Gasteiger charge is 2.06. The monoisotopic (exact) mass is 276 g/mol. The fourth-order valence-electron chi connectivity index (χ4n) is 1.75. The lowest BCUT2D eigenvalue weighted by Crippen LogP contribution is -2.09. The number of rotatable bonds is 5. The highest BCUT2D eigenvalue weighted by Crippen LogP contribution is 2.27. The molecule has 1 aromatic heterocycles.